The van der Waals surface area contributed by atoms with Gasteiger partial charge in [0.2, 0.25) is 0 Å². The molecule has 0 radical (unpaired) electrons. The number of nitrogens with zero attached hydrogens (tertiary/aromatic N) is 3. The summed E-state index contributed by atoms with van der Waals surface area (Å²) in [7, 11) is 3.58. The van der Waals surface area contributed by atoms with E-state index in [0.29, 0.717) is 10.2 Å². The minimum absolute atomic E-state index is 0.208. The zero-order valence-corrected chi connectivity index (χ0v) is 16.0. The third-order valence-electron chi connectivity index (χ3n) is 4.35. The number of aryl methyl sites for hydroxylation is 1. The maximum Gasteiger partial charge on any atom is 0.335 e. The van der Waals surface area contributed by atoms with Crippen LogP contribution in [0.4, 0.5) is 5.69 Å². The van der Waals surface area contributed by atoms with E-state index in [-0.39, 0.29) is 17.0 Å². The van der Waals surface area contributed by atoms with Crippen LogP contribution in [0, 0.1) is 0 Å². The van der Waals surface area contributed by atoms with Crippen molar-refractivity contribution in [1.29, 1.82) is 0 Å². The lowest BCUT2D eigenvalue weighted by atomic mass is 9.91. The van der Waals surface area contributed by atoms with Crippen LogP contribution in [0.3, 0.4) is 0 Å². The number of anilines is 1. The van der Waals surface area contributed by atoms with E-state index in [1.807, 2.05) is 25.4 Å². The molecule has 0 saturated heterocycles. The molecule has 1 atom stereocenters. The number of carboxylic acids is 1. The quantitative estimate of drug-likeness (QED) is 0.793. The lowest BCUT2D eigenvalue weighted by Crippen LogP contribution is -2.28. The first kappa shape index (κ1) is 18.2. The molecule has 1 aliphatic heterocycles. The van der Waals surface area contributed by atoms with E-state index in [1.165, 1.54) is 4.68 Å². The van der Waals surface area contributed by atoms with Gasteiger partial charge in [0.25, 0.3) is 5.56 Å². The Bertz CT molecular complexity index is 921. The van der Waals surface area contributed by atoms with Crippen molar-refractivity contribution in [2.45, 2.75) is 12.3 Å². The Kier molecular flexibility index (Phi) is 5.13. The number of likely N-dealkylation sites (N-methyl/N-ethyl adjacent to an activating group) is 1. The molecule has 26 heavy (non-hydrogen) atoms. The molecule has 0 amide bonds. The van der Waals surface area contributed by atoms with Crippen molar-refractivity contribution in [3.8, 4) is 0 Å². The van der Waals surface area contributed by atoms with Gasteiger partial charge >= 0.3 is 5.97 Å². The Balaban J connectivity index is 1.81. The third kappa shape index (κ3) is 3.80. The number of hydrogen-bond donors (Lipinski definition) is 2. The minimum Gasteiger partial charge on any atom is -0.478 e. The maximum absolute atomic E-state index is 12.0. The van der Waals surface area contributed by atoms with Crippen LogP contribution in [0.15, 0.2) is 51.6 Å². The van der Waals surface area contributed by atoms with Gasteiger partial charge in [-0.15, -0.1) is 0 Å². The monoisotopic (exact) mass is 418 g/mol. The molecule has 1 aromatic carbocycles. The fourth-order valence-corrected chi connectivity index (χ4v) is 3.48. The zero-order valence-electron chi connectivity index (χ0n) is 14.4. The van der Waals surface area contributed by atoms with Gasteiger partial charge in [0, 0.05) is 38.5 Å². The highest BCUT2D eigenvalue weighted by molar-refractivity contribution is 9.10. The van der Waals surface area contributed by atoms with Crippen LogP contribution in [0.25, 0.3) is 0 Å². The highest BCUT2D eigenvalue weighted by Crippen LogP contribution is 2.30. The standard InChI is InChI=1S/C18H19BrN4O3/c1-22-9-13(11-3-5-12(6-4-11)18(25)26)7-14(10-22)21-15-8-20-23(2)17(24)16(15)19/h3-6,8,10,13,21H,7,9H2,1-2H3,(H,25,26). The summed E-state index contributed by atoms with van der Waals surface area (Å²) in [4.78, 5) is 25.1. The summed E-state index contributed by atoms with van der Waals surface area (Å²) in [6, 6.07) is 6.98. The molecule has 136 valence electrons. The molecule has 7 nitrogen and oxygen atoms in total. The van der Waals surface area contributed by atoms with Gasteiger partial charge in [-0.25, -0.2) is 9.48 Å². The van der Waals surface area contributed by atoms with Gasteiger partial charge in [-0.2, -0.15) is 5.10 Å². The molecule has 0 saturated carbocycles. The van der Waals surface area contributed by atoms with Gasteiger partial charge in [0.15, 0.2) is 0 Å². The van der Waals surface area contributed by atoms with Crippen molar-refractivity contribution in [3.63, 3.8) is 0 Å². The molecule has 0 spiro atoms. The highest BCUT2D eigenvalue weighted by Gasteiger charge is 2.21. The summed E-state index contributed by atoms with van der Waals surface area (Å²) in [5, 5.41) is 16.4. The summed E-state index contributed by atoms with van der Waals surface area (Å²) in [6.07, 6.45) is 4.36. The van der Waals surface area contributed by atoms with E-state index < -0.39 is 5.97 Å². The molecule has 2 heterocycles. The molecule has 2 N–H and O–H groups in total. The summed E-state index contributed by atoms with van der Waals surface area (Å²) >= 11 is 3.32. The van der Waals surface area contributed by atoms with Gasteiger partial charge in [-0.05, 0) is 40.0 Å². The number of carbonyl (C=O) groups is 1. The molecule has 0 aliphatic carbocycles. The zero-order chi connectivity index (χ0) is 18.8. The first-order valence-corrected chi connectivity index (χ1v) is 8.87. The van der Waals surface area contributed by atoms with Crippen molar-refractivity contribution in [2.24, 2.45) is 7.05 Å². The first-order valence-electron chi connectivity index (χ1n) is 8.08. The van der Waals surface area contributed by atoms with E-state index in [2.05, 4.69) is 31.2 Å². The second kappa shape index (κ2) is 7.33. The van der Waals surface area contributed by atoms with Crippen molar-refractivity contribution >= 4 is 27.6 Å². The number of hydrogen-bond acceptors (Lipinski definition) is 5. The first-order chi connectivity index (χ1) is 12.3. The number of benzene rings is 1. The van der Waals surface area contributed by atoms with Crippen molar-refractivity contribution in [1.82, 2.24) is 14.7 Å². The average Bonchev–Trinajstić information content (AvgIpc) is 2.62. The molecule has 8 heteroatoms. The Morgan fingerprint density at radius 3 is 2.65 bits per heavy atom. The third-order valence-corrected chi connectivity index (χ3v) is 5.12. The second-order valence-corrected chi connectivity index (χ2v) is 7.14. The number of aromatic carboxylic acids is 1. The van der Waals surface area contributed by atoms with Gasteiger partial charge in [-0.3, -0.25) is 4.79 Å². The van der Waals surface area contributed by atoms with Crippen LogP contribution < -0.4 is 10.9 Å². The summed E-state index contributed by atoms with van der Waals surface area (Å²) in [5.41, 5.74) is 2.73. The van der Waals surface area contributed by atoms with Crippen LogP contribution in [-0.4, -0.2) is 39.3 Å². The largest absolute Gasteiger partial charge is 0.478 e. The molecule has 0 bridgehead atoms. The van der Waals surface area contributed by atoms with E-state index >= 15 is 0 Å². The maximum atomic E-state index is 12.0. The second-order valence-electron chi connectivity index (χ2n) is 6.35. The van der Waals surface area contributed by atoms with Gasteiger partial charge < -0.3 is 15.3 Å². The number of carboxylic acid groups (broad SMARTS) is 1. The minimum atomic E-state index is -0.928. The molecule has 2 aromatic rings. The van der Waals surface area contributed by atoms with E-state index in [1.54, 1.807) is 25.4 Å². The predicted molar refractivity (Wildman–Crippen MR) is 102 cm³/mol. The predicted octanol–water partition coefficient (Wildman–Crippen LogP) is 2.61. The number of allylic oxidation sites excluding steroid dienone is 1. The van der Waals surface area contributed by atoms with E-state index in [4.69, 9.17) is 5.11 Å². The highest BCUT2D eigenvalue weighted by atomic mass is 79.9. The SMILES string of the molecule is CN1C=C(Nc2cnn(C)c(=O)c2Br)CC(c2ccc(C(=O)O)cc2)C1. The van der Waals surface area contributed by atoms with Crippen LogP contribution in [-0.2, 0) is 7.05 Å². The van der Waals surface area contributed by atoms with Crippen LogP contribution >= 0.6 is 15.9 Å². The Morgan fingerprint density at radius 1 is 1.31 bits per heavy atom. The lowest BCUT2D eigenvalue weighted by molar-refractivity contribution is 0.0697. The lowest BCUT2D eigenvalue weighted by Gasteiger charge is -2.31. The molecule has 1 unspecified atom stereocenters. The average molecular weight is 419 g/mol. The van der Waals surface area contributed by atoms with Crippen molar-refractivity contribution in [3.05, 3.63) is 68.3 Å². The van der Waals surface area contributed by atoms with E-state index in [9.17, 15) is 9.59 Å². The van der Waals surface area contributed by atoms with Crippen molar-refractivity contribution < 1.29 is 9.90 Å². The Morgan fingerprint density at radius 2 is 2.00 bits per heavy atom. The molecule has 3 rings (SSSR count). The normalized spacial score (nSPS) is 17.0. The molecule has 1 aliphatic rings. The molecule has 0 fully saturated rings. The number of aromatic nitrogens is 2. The summed E-state index contributed by atoms with van der Waals surface area (Å²) < 4.78 is 1.70. The Labute approximate surface area is 159 Å². The topological polar surface area (TPSA) is 87.5 Å². The smallest absolute Gasteiger partial charge is 0.335 e. The van der Waals surface area contributed by atoms with Crippen LogP contribution in [0.5, 0.6) is 0 Å². The fourth-order valence-electron chi connectivity index (χ4n) is 3.02. The summed E-state index contributed by atoms with van der Waals surface area (Å²) in [5.74, 6) is -0.712. The molecular weight excluding hydrogens is 400 g/mol. The molecular formula is C18H19BrN4O3. The number of rotatable bonds is 4. The number of nitrogens with one attached hydrogen (secondary N) is 1. The molecule has 1 aromatic heterocycles. The summed E-state index contributed by atoms with van der Waals surface area (Å²) in [6.45, 7) is 0.827. The van der Waals surface area contributed by atoms with Gasteiger partial charge in [-0.1, -0.05) is 12.1 Å². The number of halogens is 1. The van der Waals surface area contributed by atoms with Crippen LogP contribution in [0.1, 0.15) is 28.3 Å². The Hall–Kier alpha value is -2.61. The fraction of sp³-hybridized carbons (Fsp3) is 0.278. The van der Waals surface area contributed by atoms with E-state index in [0.717, 1.165) is 24.2 Å². The van der Waals surface area contributed by atoms with Crippen LogP contribution in [0.2, 0.25) is 0 Å². The van der Waals surface area contributed by atoms with Gasteiger partial charge in [0.05, 0.1) is 17.4 Å². The van der Waals surface area contributed by atoms with Crippen molar-refractivity contribution in [2.75, 3.05) is 18.9 Å². The van der Waals surface area contributed by atoms with Gasteiger partial charge in [0.1, 0.15) is 4.47 Å².